The number of rotatable bonds is 5. The van der Waals surface area contributed by atoms with E-state index in [0.29, 0.717) is 12.2 Å². The molecule has 2 N–H and O–H groups in total. The Labute approximate surface area is 105 Å². The number of methoxy groups -OCH3 is 1. The van der Waals surface area contributed by atoms with Gasteiger partial charge in [0.25, 0.3) is 5.91 Å². The van der Waals surface area contributed by atoms with E-state index in [1.807, 2.05) is 25.1 Å². The lowest BCUT2D eigenvalue weighted by atomic mass is 10.2. The van der Waals surface area contributed by atoms with Gasteiger partial charge in [-0.2, -0.15) is 5.48 Å². The maximum Gasteiger partial charge on any atom is 0.252 e. The predicted molar refractivity (Wildman–Crippen MR) is 68.5 cm³/mol. The second-order valence-electron chi connectivity index (χ2n) is 3.94. The summed E-state index contributed by atoms with van der Waals surface area (Å²) in [6.07, 6.45) is 2.94. The molecule has 1 amide bonds. The maximum atomic E-state index is 11.3. The lowest BCUT2D eigenvalue weighted by Crippen LogP contribution is -2.26. The fourth-order valence-corrected chi connectivity index (χ4v) is 1.68. The molecule has 2 aromatic rings. The number of H-pyrrole nitrogens is 1. The highest BCUT2D eigenvalue weighted by Crippen LogP contribution is 2.28. The van der Waals surface area contributed by atoms with Gasteiger partial charge in [0, 0.05) is 23.5 Å². The number of hydroxylamine groups is 1. The summed E-state index contributed by atoms with van der Waals surface area (Å²) in [4.78, 5) is 19.7. The summed E-state index contributed by atoms with van der Waals surface area (Å²) < 4.78 is 5.15. The van der Waals surface area contributed by atoms with E-state index in [1.165, 1.54) is 0 Å². The van der Waals surface area contributed by atoms with Gasteiger partial charge in [0.05, 0.1) is 7.11 Å². The van der Waals surface area contributed by atoms with Gasteiger partial charge in [0.15, 0.2) is 5.75 Å². The minimum absolute atomic E-state index is 0.130. The van der Waals surface area contributed by atoms with Crippen LogP contribution in [0, 0.1) is 0 Å². The van der Waals surface area contributed by atoms with Crippen LogP contribution in [-0.2, 0) is 4.79 Å². The van der Waals surface area contributed by atoms with E-state index in [0.717, 1.165) is 23.1 Å². The molecule has 5 nitrogen and oxygen atoms in total. The number of fused-ring (bicyclic) bond motifs is 1. The zero-order valence-corrected chi connectivity index (χ0v) is 10.4. The van der Waals surface area contributed by atoms with Crippen LogP contribution >= 0.6 is 0 Å². The third-order valence-corrected chi connectivity index (χ3v) is 2.60. The number of nitrogens with one attached hydrogen (secondary N) is 2. The molecule has 0 aliphatic rings. The van der Waals surface area contributed by atoms with Crippen LogP contribution in [-0.4, -0.2) is 18.0 Å². The van der Waals surface area contributed by atoms with Crippen molar-refractivity contribution in [2.24, 2.45) is 0 Å². The molecule has 0 saturated heterocycles. The molecule has 0 unspecified atom stereocenters. The number of hydrogen-bond acceptors (Lipinski definition) is 3. The summed E-state index contributed by atoms with van der Waals surface area (Å²) in [5, 5.41) is 0.867. The predicted octanol–water partition coefficient (Wildman–Crippen LogP) is 2.39. The van der Waals surface area contributed by atoms with Gasteiger partial charge < -0.3 is 14.6 Å². The number of carbonyl (C=O) groups is 1. The Balaban J connectivity index is 2.15. The lowest BCUT2D eigenvalue weighted by molar-refractivity contribution is -0.127. The summed E-state index contributed by atoms with van der Waals surface area (Å²) in [6, 6.07) is 5.61. The first-order valence-corrected chi connectivity index (χ1v) is 5.85. The van der Waals surface area contributed by atoms with Gasteiger partial charge in [-0.05, 0) is 24.6 Å². The quantitative estimate of drug-likeness (QED) is 0.798. The molecule has 0 atom stereocenters. The summed E-state index contributed by atoms with van der Waals surface area (Å²) >= 11 is 0. The Bertz CT molecular complexity index is 548. The molecule has 18 heavy (non-hydrogen) atoms. The Morgan fingerprint density at radius 1 is 1.44 bits per heavy atom. The summed E-state index contributed by atoms with van der Waals surface area (Å²) in [6.45, 7) is 1.94. The van der Waals surface area contributed by atoms with Crippen LogP contribution in [0.15, 0.2) is 24.4 Å². The van der Waals surface area contributed by atoms with Crippen LogP contribution in [0.25, 0.3) is 10.9 Å². The molecule has 1 aromatic carbocycles. The van der Waals surface area contributed by atoms with Crippen LogP contribution in [0.3, 0.4) is 0 Å². The molecule has 0 bridgehead atoms. The normalized spacial score (nSPS) is 10.3. The second-order valence-corrected chi connectivity index (χ2v) is 3.94. The van der Waals surface area contributed by atoms with Gasteiger partial charge in [0.1, 0.15) is 5.75 Å². The van der Waals surface area contributed by atoms with E-state index in [1.54, 1.807) is 13.3 Å². The summed E-state index contributed by atoms with van der Waals surface area (Å²) in [5.41, 5.74) is 3.34. The number of aromatic nitrogens is 1. The Morgan fingerprint density at radius 3 is 3.00 bits per heavy atom. The standard InChI is InChI=1S/C13H16N2O3/c1-3-4-13(16)15-18-12-8-14-11-6-5-9(17-2)7-10(11)12/h5-8,14H,3-4H2,1-2H3,(H,15,16). The average Bonchev–Trinajstić information content (AvgIpc) is 2.79. The second kappa shape index (κ2) is 5.44. The molecule has 1 aromatic heterocycles. The third kappa shape index (κ3) is 2.56. The number of carbonyl (C=O) groups excluding carboxylic acids is 1. The molecule has 0 saturated carbocycles. The molecule has 0 spiro atoms. The molecule has 2 rings (SSSR count). The molecular weight excluding hydrogens is 232 g/mol. The molecular formula is C13H16N2O3. The first-order valence-electron chi connectivity index (χ1n) is 5.85. The van der Waals surface area contributed by atoms with Gasteiger partial charge in [-0.15, -0.1) is 0 Å². The van der Waals surface area contributed by atoms with Gasteiger partial charge >= 0.3 is 0 Å². The Morgan fingerprint density at radius 2 is 2.28 bits per heavy atom. The van der Waals surface area contributed by atoms with Crippen LogP contribution in [0.2, 0.25) is 0 Å². The molecule has 1 heterocycles. The first-order chi connectivity index (χ1) is 8.74. The smallest absolute Gasteiger partial charge is 0.252 e. The van der Waals surface area contributed by atoms with Crippen molar-refractivity contribution in [1.29, 1.82) is 0 Å². The molecule has 0 aliphatic carbocycles. The van der Waals surface area contributed by atoms with Gasteiger partial charge in [-0.3, -0.25) is 4.79 Å². The zero-order valence-electron chi connectivity index (χ0n) is 10.4. The number of aromatic amines is 1. The lowest BCUT2D eigenvalue weighted by Gasteiger charge is -2.05. The number of ether oxygens (including phenoxy) is 1. The van der Waals surface area contributed by atoms with Crippen LogP contribution in [0.1, 0.15) is 19.8 Å². The highest BCUT2D eigenvalue weighted by Gasteiger charge is 2.08. The third-order valence-electron chi connectivity index (χ3n) is 2.60. The van der Waals surface area contributed by atoms with Crippen molar-refractivity contribution < 1.29 is 14.4 Å². The SMILES string of the molecule is CCCC(=O)NOc1c[nH]c2ccc(OC)cc12. The molecule has 5 heteroatoms. The van der Waals surface area contributed by atoms with Crippen molar-refractivity contribution in [2.45, 2.75) is 19.8 Å². The highest BCUT2D eigenvalue weighted by molar-refractivity contribution is 5.87. The van der Waals surface area contributed by atoms with Crippen molar-refractivity contribution in [3.05, 3.63) is 24.4 Å². The van der Waals surface area contributed by atoms with Crippen molar-refractivity contribution in [3.8, 4) is 11.5 Å². The minimum atomic E-state index is -0.130. The van der Waals surface area contributed by atoms with E-state index < -0.39 is 0 Å². The van der Waals surface area contributed by atoms with Crippen molar-refractivity contribution in [1.82, 2.24) is 10.5 Å². The topological polar surface area (TPSA) is 63.3 Å². The summed E-state index contributed by atoms with van der Waals surface area (Å²) in [7, 11) is 1.61. The number of hydrogen-bond donors (Lipinski definition) is 2. The van der Waals surface area contributed by atoms with E-state index >= 15 is 0 Å². The Hall–Kier alpha value is -2.17. The van der Waals surface area contributed by atoms with Crippen LogP contribution in [0.4, 0.5) is 0 Å². The van der Waals surface area contributed by atoms with Crippen LogP contribution < -0.4 is 15.1 Å². The largest absolute Gasteiger partial charge is 0.497 e. The van der Waals surface area contributed by atoms with Gasteiger partial charge in [-0.25, -0.2) is 0 Å². The van der Waals surface area contributed by atoms with Gasteiger partial charge in [-0.1, -0.05) is 6.92 Å². The zero-order chi connectivity index (χ0) is 13.0. The van der Waals surface area contributed by atoms with E-state index in [9.17, 15) is 4.79 Å². The van der Waals surface area contributed by atoms with Crippen molar-refractivity contribution in [3.63, 3.8) is 0 Å². The van der Waals surface area contributed by atoms with Crippen molar-refractivity contribution >= 4 is 16.8 Å². The Kier molecular flexibility index (Phi) is 3.72. The molecule has 96 valence electrons. The molecule has 0 aliphatic heterocycles. The van der Waals surface area contributed by atoms with E-state index in [2.05, 4.69) is 10.5 Å². The number of benzene rings is 1. The summed E-state index contributed by atoms with van der Waals surface area (Å²) in [5.74, 6) is 1.19. The number of amides is 1. The fraction of sp³-hybridized carbons (Fsp3) is 0.308. The van der Waals surface area contributed by atoms with E-state index in [-0.39, 0.29) is 5.91 Å². The minimum Gasteiger partial charge on any atom is -0.497 e. The van der Waals surface area contributed by atoms with Gasteiger partial charge in [0.2, 0.25) is 0 Å². The monoisotopic (exact) mass is 248 g/mol. The molecule has 0 fully saturated rings. The maximum absolute atomic E-state index is 11.3. The first kappa shape index (κ1) is 12.3. The fourth-order valence-electron chi connectivity index (χ4n) is 1.68. The average molecular weight is 248 g/mol. The van der Waals surface area contributed by atoms with E-state index in [4.69, 9.17) is 9.57 Å². The van der Waals surface area contributed by atoms with Crippen LogP contribution in [0.5, 0.6) is 11.5 Å². The molecule has 0 radical (unpaired) electrons. The van der Waals surface area contributed by atoms with Crippen molar-refractivity contribution in [2.75, 3.05) is 7.11 Å². The highest BCUT2D eigenvalue weighted by atomic mass is 16.7.